The van der Waals surface area contributed by atoms with E-state index in [9.17, 15) is 9.59 Å². The number of Topliss-reactive ketones (excluding diaryl/α,β-unsaturated/α-hetero) is 1. The highest BCUT2D eigenvalue weighted by molar-refractivity contribution is 5.98. The molecule has 0 saturated heterocycles. The van der Waals surface area contributed by atoms with Gasteiger partial charge < -0.3 is 10.5 Å². The molecule has 1 saturated carbocycles. The lowest BCUT2D eigenvalue weighted by molar-refractivity contribution is -0.146. The molecule has 130 valence electrons. The van der Waals surface area contributed by atoms with Gasteiger partial charge in [0.2, 0.25) is 0 Å². The average Bonchev–Trinajstić information content (AvgIpc) is 2.67. The SMILES string of the molecule is COC(=O)C1CCC[C@H](C(=O)c2ccc(-c3ccc(N)cc3)cc2)C1. The molecule has 0 amide bonds. The summed E-state index contributed by atoms with van der Waals surface area (Å²) in [5, 5.41) is 0. The Kier molecular flexibility index (Phi) is 5.17. The van der Waals surface area contributed by atoms with Gasteiger partial charge in [-0.3, -0.25) is 9.59 Å². The summed E-state index contributed by atoms with van der Waals surface area (Å²) in [7, 11) is 1.41. The molecule has 2 aromatic carbocycles. The van der Waals surface area contributed by atoms with Crippen LogP contribution in [0.5, 0.6) is 0 Å². The quantitative estimate of drug-likeness (QED) is 0.518. The molecule has 2 N–H and O–H groups in total. The number of ether oxygens (including phenoxy) is 1. The van der Waals surface area contributed by atoms with Crippen molar-refractivity contribution in [2.24, 2.45) is 11.8 Å². The van der Waals surface area contributed by atoms with Gasteiger partial charge in [0.05, 0.1) is 13.0 Å². The monoisotopic (exact) mass is 337 g/mol. The second-order valence-corrected chi connectivity index (χ2v) is 6.65. The fourth-order valence-electron chi connectivity index (χ4n) is 3.55. The number of methoxy groups -OCH3 is 1. The van der Waals surface area contributed by atoms with E-state index in [1.165, 1.54) is 7.11 Å². The van der Waals surface area contributed by atoms with E-state index < -0.39 is 0 Å². The van der Waals surface area contributed by atoms with Crippen molar-refractivity contribution in [2.75, 3.05) is 12.8 Å². The number of carbonyl (C=O) groups excluding carboxylic acids is 2. The van der Waals surface area contributed by atoms with Gasteiger partial charge in [0.25, 0.3) is 0 Å². The van der Waals surface area contributed by atoms with Gasteiger partial charge in [-0.15, -0.1) is 0 Å². The van der Waals surface area contributed by atoms with Gasteiger partial charge in [-0.25, -0.2) is 0 Å². The minimum Gasteiger partial charge on any atom is -0.469 e. The normalized spacial score (nSPS) is 20.0. The van der Waals surface area contributed by atoms with E-state index in [-0.39, 0.29) is 23.6 Å². The number of nitrogens with two attached hydrogens (primary N) is 1. The van der Waals surface area contributed by atoms with Gasteiger partial charge in [-0.05, 0) is 42.5 Å². The number of rotatable bonds is 4. The van der Waals surface area contributed by atoms with Crippen molar-refractivity contribution in [1.29, 1.82) is 0 Å². The Hall–Kier alpha value is -2.62. The van der Waals surface area contributed by atoms with Gasteiger partial charge in [0, 0.05) is 17.2 Å². The van der Waals surface area contributed by atoms with Crippen molar-refractivity contribution >= 4 is 17.4 Å². The van der Waals surface area contributed by atoms with Crippen LogP contribution in [0.4, 0.5) is 5.69 Å². The maximum absolute atomic E-state index is 12.8. The molecule has 0 bridgehead atoms. The molecule has 3 rings (SSSR count). The van der Waals surface area contributed by atoms with Crippen LogP contribution in [0.1, 0.15) is 36.0 Å². The largest absolute Gasteiger partial charge is 0.469 e. The third kappa shape index (κ3) is 3.90. The van der Waals surface area contributed by atoms with E-state index >= 15 is 0 Å². The fourth-order valence-corrected chi connectivity index (χ4v) is 3.55. The van der Waals surface area contributed by atoms with Crippen molar-refractivity contribution in [3.8, 4) is 11.1 Å². The zero-order chi connectivity index (χ0) is 17.8. The van der Waals surface area contributed by atoms with Gasteiger partial charge in [0.15, 0.2) is 5.78 Å². The number of benzene rings is 2. The summed E-state index contributed by atoms with van der Waals surface area (Å²) in [5.74, 6) is -0.323. The molecule has 1 fully saturated rings. The first-order valence-corrected chi connectivity index (χ1v) is 8.66. The zero-order valence-electron chi connectivity index (χ0n) is 14.4. The number of esters is 1. The van der Waals surface area contributed by atoms with Crippen LogP contribution in [-0.2, 0) is 9.53 Å². The molecule has 2 aromatic rings. The summed E-state index contributed by atoms with van der Waals surface area (Å²) >= 11 is 0. The van der Waals surface area contributed by atoms with E-state index in [0.717, 1.165) is 36.1 Å². The van der Waals surface area contributed by atoms with Gasteiger partial charge >= 0.3 is 5.97 Å². The summed E-state index contributed by atoms with van der Waals surface area (Å²) in [4.78, 5) is 24.5. The Morgan fingerprint density at radius 1 is 0.920 bits per heavy atom. The first-order chi connectivity index (χ1) is 12.1. The Bertz CT molecular complexity index is 750. The first-order valence-electron chi connectivity index (χ1n) is 8.66. The highest BCUT2D eigenvalue weighted by Crippen LogP contribution is 2.32. The van der Waals surface area contributed by atoms with Crippen LogP contribution in [0.2, 0.25) is 0 Å². The van der Waals surface area contributed by atoms with Crippen LogP contribution in [0, 0.1) is 11.8 Å². The lowest BCUT2D eigenvalue weighted by Crippen LogP contribution is -2.28. The van der Waals surface area contributed by atoms with Crippen molar-refractivity contribution in [3.05, 3.63) is 54.1 Å². The van der Waals surface area contributed by atoms with Crippen LogP contribution >= 0.6 is 0 Å². The van der Waals surface area contributed by atoms with Gasteiger partial charge in [0.1, 0.15) is 0 Å². The minimum absolute atomic E-state index is 0.0970. The Balaban J connectivity index is 1.72. The molecular formula is C21H23NO3. The number of nitrogen functional groups attached to an aromatic ring is 1. The Morgan fingerprint density at radius 3 is 2.08 bits per heavy atom. The second kappa shape index (κ2) is 7.51. The van der Waals surface area contributed by atoms with Gasteiger partial charge in [-0.2, -0.15) is 0 Å². The third-order valence-electron chi connectivity index (χ3n) is 4.99. The van der Waals surface area contributed by atoms with Crippen LogP contribution in [0.3, 0.4) is 0 Å². The van der Waals surface area contributed by atoms with Crippen LogP contribution in [0.25, 0.3) is 11.1 Å². The molecule has 1 unspecified atom stereocenters. The van der Waals surface area contributed by atoms with Crippen molar-refractivity contribution in [2.45, 2.75) is 25.7 Å². The predicted octanol–water partition coefficient (Wildman–Crippen LogP) is 4.10. The number of ketones is 1. The third-order valence-corrected chi connectivity index (χ3v) is 4.99. The lowest BCUT2D eigenvalue weighted by atomic mass is 9.78. The maximum atomic E-state index is 12.8. The average molecular weight is 337 g/mol. The molecule has 25 heavy (non-hydrogen) atoms. The number of anilines is 1. The standard InChI is InChI=1S/C21H23NO3/c1-25-21(24)18-4-2-3-17(13-18)20(23)16-7-5-14(6-8-16)15-9-11-19(22)12-10-15/h5-12,17-18H,2-4,13,22H2,1H3/t17-,18?/m0/s1. The number of carbonyl (C=O) groups is 2. The predicted molar refractivity (Wildman–Crippen MR) is 98.1 cm³/mol. The lowest BCUT2D eigenvalue weighted by Gasteiger charge is -2.26. The van der Waals surface area contributed by atoms with Crippen LogP contribution < -0.4 is 5.73 Å². The smallest absolute Gasteiger partial charge is 0.308 e. The summed E-state index contributed by atoms with van der Waals surface area (Å²) < 4.78 is 4.84. The van der Waals surface area contributed by atoms with Crippen molar-refractivity contribution in [3.63, 3.8) is 0 Å². The molecule has 4 nitrogen and oxygen atoms in total. The highest BCUT2D eigenvalue weighted by atomic mass is 16.5. The molecule has 0 aliphatic heterocycles. The minimum atomic E-state index is -0.198. The highest BCUT2D eigenvalue weighted by Gasteiger charge is 2.32. The van der Waals surface area contributed by atoms with E-state index in [1.807, 2.05) is 48.5 Å². The summed E-state index contributed by atoms with van der Waals surface area (Å²) in [6.07, 6.45) is 3.13. The van der Waals surface area contributed by atoms with E-state index in [1.54, 1.807) is 0 Å². The Labute approximate surface area is 148 Å². The molecule has 0 radical (unpaired) electrons. The summed E-state index contributed by atoms with van der Waals surface area (Å²) in [6, 6.07) is 15.3. The molecular weight excluding hydrogens is 314 g/mol. The van der Waals surface area contributed by atoms with Crippen molar-refractivity contribution in [1.82, 2.24) is 0 Å². The molecule has 0 heterocycles. The molecule has 2 atom stereocenters. The first kappa shape index (κ1) is 17.2. The van der Waals surface area contributed by atoms with Crippen LogP contribution in [-0.4, -0.2) is 18.9 Å². The molecule has 0 spiro atoms. The molecule has 1 aliphatic rings. The van der Waals surface area contributed by atoms with E-state index in [2.05, 4.69) is 0 Å². The Morgan fingerprint density at radius 2 is 1.48 bits per heavy atom. The second-order valence-electron chi connectivity index (χ2n) is 6.65. The molecule has 1 aliphatic carbocycles. The van der Waals surface area contributed by atoms with E-state index in [0.29, 0.717) is 12.0 Å². The maximum Gasteiger partial charge on any atom is 0.308 e. The fraction of sp³-hybridized carbons (Fsp3) is 0.333. The van der Waals surface area contributed by atoms with Gasteiger partial charge in [-0.1, -0.05) is 42.8 Å². The van der Waals surface area contributed by atoms with Crippen LogP contribution in [0.15, 0.2) is 48.5 Å². The number of hydrogen-bond acceptors (Lipinski definition) is 4. The summed E-state index contributed by atoms with van der Waals surface area (Å²) in [6.45, 7) is 0. The summed E-state index contributed by atoms with van der Waals surface area (Å²) in [5.41, 5.74) is 9.26. The van der Waals surface area contributed by atoms with E-state index in [4.69, 9.17) is 10.5 Å². The zero-order valence-corrected chi connectivity index (χ0v) is 14.4. The molecule has 4 heteroatoms. The molecule has 0 aromatic heterocycles. The topological polar surface area (TPSA) is 69.4 Å². The number of hydrogen-bond donors (Lipinski definition) is 1. The van der Waals surface area contributed by atoms with Crippen molar-refractivity contribution < 1.29 is 14.3 Å².